The molecule has 0 spiro atoms. The van der Waals surface area contributed by atoms with Crippen LogP contribution < -0.4 is 10.6 Å². The van der Waals surface area contributed by atoms with Gasteiger partial charge in [0.2, 0.25) is 0 Å². The lowest BCUT2D eigenvalue weighted by Crippen LogP contribution is -2.35. The normalized spacial score (nSPS) is 16.0. The first kappa shape index (κ1) is 18.5. The predicted molar refractivity (Wildman–Crippen MR) is 107 cm³/mol. The average molecular weight is 378 g/mol. The Labute approximate surface area is 164 Å². The lowest BCUT2D eigenvalue weighted by molar-refractivity contribution is 0.0956. The maximum absolute atomic E-state index is 12.4. The second kappa shape index (κ2) is 8.44. The van der Waals surface area contributed by atoms with E-state index in [0.717, 1.165) is 43.6 Å². The van der Waals surface area contributed by atoms with Crippen LogP contribution in [0.15, 0.2) is 53.1 Å². The van der Waals surface area contributed by atoms with Gasteiger partial charge in [0.25, 0.3) is 5.91 Å². The van der Waals surface area contributed by atoms with Crippen molar-refractivity contribution in [2.75, 3.05) is 7.05 Å². The Morgan fingerprint density at radius 2 is 2.11 bits per heavy atom. The zero-order valence-corrected chi connectivity index (χ0v) is 16.1. The summed E-state index contributed by atoms with van der Waals surface area (Å²) in [6.45, 7) is 1.48. The van der Waals surface area contributed by atoms with Gasteiger partial charge in [-0.25, -0.2) is 0 Å². The van der Waals surface area contributed by atoms with Crippen LogP contribution >= 0.6 is 0 Å². The number of hydrogen-bond donors (Lipinski definition) is 2. The lowest BCUT2D eigenvalue weighted by Gasteiger charge is -2.24. The topological polar surface area (TPSA) is 72.1 Å². The molecular weight excluding hydrogens is 352 g/mol. The first-order valence-electron chi connectivity index (χ1n) is 9.85. The van der Waals surface area contributed by atoms with Crippen molar-refractivity contribution in [1.82, 2.24) is 20.4 Å². The highest BCUT2D eigenvalue weighted by Crippen LogP contribution is 2.25. The fourth-order valence-corrected chi connectivity index (χ4v) is 3.89. The maximum atomic E-state index is 12.4. The number of fused-ring (bicyclic) bond motifs is 1. The van der Waals surface area contributed by atoms with Gasteiger partial charge in [-0.05, 0) is 43.4 Å². The molecule has 4 rings (SSSR count). The summed E-state index contributed by atoms with van der Waals surface area (Å²) in [6, 6.07) is 14.6. The molecule has 1 atom stereocenters. The van der Waals surface area contributed by atoms with E-state index < -0.39 is 0 Å². The number of amides is 1. The molecule has 2 heterocycles. The van der Waals surface area contributed by atoms with Gasteiger partial charge in [0.15, 0.2) is 5.69 Å². The van der Waals surface area contributed by atoms with E-state index in [4.69, 9.17) is 4.42 Å². The molecule has 146 valence electrons. The van der Waals surface area contributed by atoms with Crippen molar-refractivity contribution >= 4 is 5.91 Å². The van der Waals surface area contributed by atoms with Crippen LogP contribution in [0.4, 0.5) is 0 Å². The Bertz CT molecular complexity index is 916. The third-order valence-corrected chi connectivity index (χ3v) is 5.39. The van der Waals surface area contributed by atoms with Gasteiger partial charge >= 0.3 is 0 Å². The van der Waals surface area contributed by atoms with Crippen LogP contribution in [0.1, 0.15) is 39.5 Å². The number of nitrogens with one attached hydrogen (secondary N) is 2. The molecule has 0 fully saturated rings. The third-order valence-electron chi connectivity index (χ3n) is 5.39. The quantitative estimate of drug-likeness (QED) is 0.663. The summed E-state index contributed by atoms with van der Waals surface area (Å²) in [5.74, 6) is 0.817. The molecule has 1 aliphatic carbocycles. The van der Waals surface area contributed by atoms with Crippen molar-refractivity contribution in [2.24, 2.45) is 0 Å². The molecule has 1 amide bonds. The lowest BCUT2D eigenvalue weighted by atomic mass is 9.91. The number of aromatic nitrogens is 2. The summed E-state index contributed by atoms with van der Waals surface area (Å²) >= 11 is 0. The van der Waals surface area contributed by atoms with Crippen LogP contribution in [0.2, 0.25) is 0 Å². The summed E-state index contributed by atoms with van der Waals surface area (Å²) in [7, 11) is 1.66. The van der Waals surface area contributed by atoms with Crippen molar-refractivity contribution in [3.05, 3.63) is 77.0 Å². The minimum absolute atomic E-state index is 0.110. The molecular formula is C22H26N4O2. The largest absolute Gasteiger partial charge is 0.468 e. The Kier molecular flexibility index (Phi) is 5.58. The molecule has 2 aromatic heterocycles. The van der Waals surface area contributed by atoms with E-state index in [1.165, 1.54) is 11.3 Å². The highest BCUT2D eigenvalue weighted by atomic mass is 16.3. The summed E-state index contributed by atoms with van der Waals surface area (Å²) in [5, 5.41) is 11.0. The second-order valence-electron chi connectivity index (χ2n) is 7.21. The molecule has 28 heavy (non-hydrogen) atoms. The zero-order valence-electron chi connectivity index (χ0n) is 16.1. The van der Waals surface area contributed by atoms with Gasteiger partial charge in [0.05, 0.1) is 12.8 Å². The van der Waals surface area contributed by atoms with E-state index in [-0.39, 0.29) is 5.91 Å². The minimum atomic E-state index is -0.110. The van der Waals surface area contributed by atoms with Crippen LogP contribution in [0.3, 0.4) is 0 Å². The fraction of sp³-hybridized carbons (Fsp3) is 0.364. The summed E-state index contributed by atoms with van der Waals surface area (Å²) in [4.78, 5) is 12.4. The fourth-order valence-electron chi connectivity index (χ4n) is 3.89. The third kappa shape index (κ3) is 4.02. The molecule has 0 unspecified atom stereocenters. The number of hydrogen-bond acceptors (Lipinski definition) is 4. The molecule has 0 aliphatic heterocycles. The van der Waals surface area contributed by atoms with Gasteiger partial charge in [-0.2, -0.15) is 5.10 Å². The molecule has 1 aliphatic rings. The number of carbonyl (C=O) groups is 1. The second-order valence-corrected chi connectivity index (χ2v) is 7.21. The summed E-state index contributed by atoms with van der Waals surface area (Å²) in [5.41, 5.74) is 4.12. The van der Waals surface area contributed by atoms with Crippen molar-refractivity contribution in [2.45, 2.75) is 44.8 Å². The predicted octanol–water partition coefficient (Wildman–Crippen LogP) is 2.73. The Morgan fingerprint density at radius 3 is 2.86 bits per heavy atom. The molecule has 0 saturated carbocycles. The van der Waals surface area contributed by atoms with Crippen molar-refractivity contribution in [3.63, 3.8) is 0 Å². The van der Waals surface area contributed by atoms with Crippen LogP contribution in [0, 0.1) is 0 Å². The van der Waals surface area contributed by atoms with Gasteiger partial charge in [-0.1, -0.05) is 30.3 Å². The number of aryl methyl sites for hydroxylation is 2. The maximum Gasteiger partial charge on any atom is 0.271 e. The minimum Gasteiger partial charge on any atom is -0.468 e. The van der Waals surface area contributed by atoms with Crippen molar-refractivity contribution in [3.8, 4) is 0 Å². The standard InChI is InChI=1S/C22H26N4O2/c1-23-22(27)21-19-14-17(24-15-18-8-5-13-28-18)9-10-20(19)26(25-21)12-11-16-6-3-2-4-7-16/h2-8,13,17,24H,9-12,14-15H2,1H3,(H,23,27)/t17-/m0/s1. The molecule has 6 heteroatoms. The van der Waals surface area contributed by atoms with E-state index in [1.807, 2.05) is 22.9 Å². The molecule has 3 aromatic rings. The number of carbonyl (C=O) groups excluding carboxylic acids is 1. The highest BCUT2D eigenvalue weighted by molar-refractivity contribution is 5.93. The van der Waals surface area contributed by atoms with Gasteiger partial charge in [0, 0.05) is 30.9 Å². The molecule has 2 N–H and O–H groups in total. The smallest absolute Gasteiger partial charge is 0.271 e. The van der Waals surface area contributed by atoms with Gasteiger partial charge in [-0.3, -0.25) is 9.48 Å². The number of furan rings is 1. The van der Waals surface area contributed by atoms with Crippen molar-refractivity contribution in [1.29, 1.82) is 0 Å². The first-order valence-corrected chi connectivity index (χ1v) is 9.85. The number of nitrogens with zero attached hydrogens (tertiary/aromatic N) is 2. The molecule has 0 bridgehead atoms. The van der Waals surface area contributed by atoms with Crippen LogP contribution in [-0.2, 0) is 32.4 Å². The SMILES string of the molecule is CNC(=O)c1nn(CCc2ccccc2)c2c1C[C@@H](NCc1ccco1)CC2. The van der Waals surface area contributed by atoms with E-state index in [9.17, 15) is 4.79 Å². The highest BCUT2D eigenvalue weighted by Gasteiger charge is 2.28. The van der Waals surface area contributed by atoms with Crippen LogP contribution in [0.25, 0.3) is 0 Å². The van der Waals surface area contributed by atoms with Crippen LogP contribution in [-0.4, -0.2) is 28.8 Å². The Balaban J connectivity index is 1.50. The van der Waals surface area contributed by atoms with E-state index in [0.29, 0.717) is 18.3 Å². The van der Waals surface area contributed by atoms with Crippen LogP contribution in [0.5, 0.6) is 0 Å². The first-order chi connectivity index (χ1) is 13.7. The van der Waals surface area contributed by atoms with E-state index in [2.05, 4.69) is 40.0 Å². The molecule has 0 saturated heterocycles. The number of rotatable bonds is 7. The van der Waals surface area contributed by atoms with Gasteiger partial charge in [-0.15, -0.1) is 0 Å². The van der Waals surface area contributed by atoms with Gasteiger partial charge in [0.1, 0.15) is 5.76 Å². The zero-order chi connectivity index (χ0) is 19.3. The average Bonchev–Trinajstić information content (AvgIpc) is 3.38. The number of benzene rings is 1. The summed E-state index contributed by atoms with van der Waals surface area (Å²) < 4.78 is 7.45. The van der Waals surface area contributed by atoms with E-state index in [1.54, 1.807) is 13.3 Å². The van der Waals surface area contributed by atoms with E-state index >= 15 is 0 Å². The molecule has 1 aromatic carbocycles. The van der Waals surface area contributed by atoms with Gasteiger partial charge < -0.3 is 15.1 Å². The monoisotopic (exact) mass is 378 g/mol. The summed E-state index contributed by atoms with van der Waals surface area (Å²) in [6.07, 6.45) is 5.35. The van der Waals surface area contributed by atoms with Crippen molar-refractivity contribution < 1.29 is 9.21 Å². The Hall–Kier alpha value is -2.86. The molecule has 6 nitrogen and oxygen atoms in total. The Morgan fingerprint density at radius 1 is 1.25 bits per heavy atom. The molecule has 0 radical (unpaired) electrons.